The number of aromatic nitrogens is 1. The number of nitrogens with one attached hydrogen (secondary N) is 1. The van der Waals surface area contributed by atoms with Gasteiger partial charge in [-0.2, -0.15) is 0 Å². The first-order chi connectivity index (χ1) is 10.7. The van der Waals surface area contributed by atoms with Crippen LogP contribution in [0.25, 0.3) is 5.69 Å². The molecule has 0 saturated carbocycles. The number of hydrogen-bond donors (Lipinski definition) is 3. The van der Waals surface area contributed by atoms with E-state index < -0.39 is 23.1 Å². The van der Waals surface area contributed by atoms with Crippen molar-refractivity contribution in [3.8, 4) is 11.4 Å². The standard InChI is InChI=1S/C14H9Cl2N3O4/c1-4-6(15)3-7(11(21)10(4)16)19-8(20)2-5-9(12(19)17)14(23)18-13(5)22/h2-3,21H,17H2,1H3,(H,18,22,23). The molecule has 2 heterocycles. The summed E-state index contributed by atoms with van der Waals surface area (Å²) >= 11 is 12.0. The van der Waals surface area contributed by atoms with Crippen LogP contribution in [0.1, 0.15) is 26.3 Å². The third-order valence-corrected chi connectivity index (χ3v) is 4.45. The van der Waals surface area contributed by atoms with E-state index in [-0.39, 0.29) is 32.7 Å². The average Bonchev–Trinajstić information content (AvgIpc) is 2.76. The zero-order valence-electron chi connectivity index (χ0n) is 11.6. The number of benzene rings is 1. The molecule has 1 aromatic carbocycles. The van der Waals surface area contributed by atoms with Crippen LogP contribution in [0.15, 0.2) is 16.9 Å². The number of nitrogen functional groups attached to an aromatic ring is 1. The average molecular weight is 354 g/mol. The van der Waals surface area contributed by atoms with E-state index in [1.54, 1.807) is 6.92 Å². The number of fused-ring (bicyclic) bond motifs is 1. The number of pyridine rings is 1. The highest BCUT2D eigenvalue weighted by molar-refractivity contribution is 6.37. The van der Waals surface area contributed by atoms with Crippen molar-refractivity contribution < 1.29 is 14.7 Å². The quantitative estimate of drug-likeness (QED) is 0.674. The number of aromatic hydroxyl groups is 1. The molecular weight excluding hydrogens is 345 g/mol. The van der Waals surface area contributed by atoms with Gasteiger partial charge in [-0.15, -0.1) is 0 Å². The minimum Gasteiger partial charge on any atom is -0.504 e. The number of amides is 2. The van der Waals surface area contributed by atoms with Crippen LogP contribution in [0.2, 0.25) is 10.0 Å². The molecule has 0 radical (unpaired) electrons. The molecule has 0 unspecified atom stereocenters. The third kappa shape index (κ3) is 2.08. The van der Waals surface area contributed by atoms with Crippen LogP contribution in [0, 0.1) is 6.92 Å². The van der Waals surface area contributed by atoms with Crippen molar-refractivity contribution >= 4 is 40.8 Å². The number of phenolic OH excluding ortho intramolecular Hbond substituents is 1. The van der Waals surface area contributed by atoms with Crippen molar-refractivity contribution in [3.63, 3.8) is 0 Å². The van der Waals surface area contributed by atoms with E-state index in [4.69, 9.17) is 28.9 Å². The molecule has 3 rings (SSSR count). The van der Waals surface area contributed by atoms with E-state index in [0.29, 0.717) is 5.56 Å². The van der Waals surface area contributed by atoms with Gasteiger partial charge in [-0.05, 0) is 18.6 Å². The number of halogens is 2. The Morgan fingerprint density at radius 2 is 1.83 bits per heavy atom. The van der Waals surface area contributed by atoms with Crippen LogP contribution in [-0.4, -0.2) is 21.5 Å². The Bertz CT molecular complexity index is 966. The highest BCUT2D eigenvalue weighted by Crippen LogP contribution is 2.38. The second kappa shape index (κ2) is 5.00. The minimum atomic E-state index is -0.722. The first-order valence-electron chi connectivity index (χ1n) is 6.33. The number of nitrogens with two attached hydrogens (primary N) is 1. The Labute approximate surface area is 139 Å². The molecule has 0 fully saturated rings. The molecule has 1 aliphatic heterocycles. The van der Waals surface area contributed by atoms with Gasteiger partial charge in [0.1, 0.15) is 5.82 Å². The van der Waals surface area contributed by atoms with Crippen molar-refractivity contribution in [1.82, 2.24) is 9.88 Å². The Morgan fingerprint density at radius 1 is 1.17 bits per heavy atom. The number of hydrogen-bond acceptors (Lipinski definition) is 5. The Hall–Kier alpha value is -2.51. The first-order valence-corrected chi connectivity index (χ1v) is 7.08. The van der Waals surface area contributed by atoms with Crippen LogP contribution in [0.4, 0.5) is 5.82 Å². The highest BCUT2D eigenvalue weighted by Gasteiger charge is 2.32. The summed E-state index contributed by atoms with van der Waals surface area (Å²) in [7, 11) is 0. The Balaban J connectivity index is 2.41. The summed E-state index contributed by atoms with van der Waals surface area (Å²) < 4.78 is 0.879. The maximum atomic E-state index is 12.3. The summed E-state index contributed by atoms with van der Waals surface area (Å²) in [6, 6.07) is 2.27. The normalized spacial score (nSPS) is 13.2. The third-order valence-electron chi connectivity index (χ3n) is 3.60. The fraction of sp³-hybridized carbons (Fsp3) is 0.0714. The van der Waals surface area contributed by atoms with Crippen molar-refractivity contribution in [3.05, 3.63) is 49.2 Å². The van der Waals surface area contributed by atoms with Gasteiger partial charge in [0.2, 0.25) is 0 Å². The number of imide groups is 1. The predicted octanol–water partition coefficient (Wildman–Crippen LogP) is 1.62. The van der Waals surface area contributed by atoms with Crippen LogP contribution < -0.4 is 16.6 Å². The second-order valence-electron chi connectivity index (χ2n) is 4.94. The van der Waals surface area contributed by atoms with Crippen LogP contribution >= 0.6 is 23.2 Å². The van der Waals surface area contributed by atoms with Crippen molar-refractivity contribution in [2.75, 3.05) is 5.73 Å². The summed E-state index contributed by atoms with van der Waals surface area (Å²) in [5.74, 6) is -2.13. The summed E-state index contributed by atoms with van der Waals surface area (Å²) in [5.41, 5.74) is 5.26. The van der Waals surface area contributed by atoms with E-state index in [9.17, 15) is 19.5 Å². The molecule has 9 heteroatoms. The molecule has 2 amide bonds. The Kier molecular flexibility index (Phi) is 3.35. The molecule has 4 N–H and O–H groups in total. The van der Waals surface area contributed by atoms with Gasteiger partial charge in [-0.1, -0.05) is 23.2 Å². The van der Waals surface area contributed by atoms with Crippen LogP contribution in [0.3, 0.4) is 0 Å². The molecular formula is C14H9Cl2N3O4. The van der Waals surface area contributed by atoms with Crippen LogP contribution in [0.5, 0.6) is 5.75 Å². The molecule has 0 atom stereocenters. The summed E-state index contributed by atoms with van der Waals surface area (Å²) in [4.78, 5) is 35.7. The zero-order valence-corrected chi connectivity index (χ0v) is 13.1. The Morgan fingerprint density at radius 3 is 2.48 bits per heavy atom. The molecule has 0 spiro atoms. The van der Waals surface area contributed by atoms with Crippen molar-refractivity contribution in [2.45, 2.75) is 6.92 Å². The second-order valence-corrected chi connectivity index (χ2v) is 5.73. The number of nitrogens with zero attached hydrogens (tertiary/aromatic N) is 1. The maximum absolute atomic E-state index is 12.3. The van der Waals surface area contributed by atoms with Gasteiger partial charge in [0.25, 0.3) is 17.4 Å². The fourth-order valence-corrected chi connectivity index (χ4v) is 2.83. The molecule has 1 aromatic heterocycles. The largest absolute Gasteiger partial charge is 0.504 e. The van der Waals surface area contributed by atoms with Gasteiger partial charge >= 0.3 is 0 Å². The topological polar surface area (TPSA) is 114 Å². The minimum absolute atomic E-state index is 0.0418. The first kappa shape index (κ1) is 15.4. The predicted molar refractivity (Wildman–Crippen MR) is 84.7 cm³/mol. The van der Waals surface area contributed by atoms with E-state index in [0.717, 1.165) is 10.6 Å². The van der Waals surface area contributed by atoms with Crippen molar-refractivity contribution in [2.24, 2.45) is 0 Å². The summed E-state index contributed by atoms with van der Waals surface area (Å²) in [5, 5.41) is 12.4. The molecule has 23 heavy (non-hydrogen) atoms. The van der Waals surface area contributed by atoms with Gasteiger partial charge < -0.3 is 10.8 Å². The summed E-state index contributed by atoms with van der Waals surface area (Å²) in [6.45, 7) is 1.59. The molecule has 0 bridgehead atoms. The lowest BCUT2D eigenvalue weighted by atomic mass is 10.1. The number of carbonyl (C=O) groups is 2. The zero-order chi connectivity index (χ0) is 17.0. The molecule has 2 aromatic rings. The summed E-state index contributed by atoms with van der Waals surface area (Å²) in [6.07, 6.45) is 0. The van der Waals surface area contributed by atoms with Gasteiger partial charge in [0, 0.05) is 11.1 Å². The molecule has 0 saturated heterocycles. The van der Waals surface area contributed by atoms with E-state index >= 15 is 0 Å². The van der Waals surface area contributed by atoms with Crippen LogP contribution in [-0.2, 0) is 0 Å². The monoisotopic (exact) mass is 353 g/mol. The molecule has 1 aliphatic rings. The van der Waals surface area contributed by atoms with Gasteiger partial charge in [-0.25, -0.2) is 0 Å². The lowest BCUT2D eigenvalue weighted by Crippen LogP contribution is -2.24. The molecule has 118 valence electrons. The number of anilines is 1. The lowest BCUT2D eigenvalue weighted by Gasteiger charge is -2.15. The number of phenols is 1. The number of carbonyl (C=O) groups excluding carboxylic acids is 2. The van der Waals surface area contributed by atoms with E-state index in [1.807, 2.05) is 0 Å². The van der Waals surface area contributed by atoms with Crippen molar-refractivity contribution in [1.29, 1.82) is 0 Å². The van der Waals surface area contributed by atoms with E-state index in [1.165, 1.54) is 6.07 Å². The van der Waals surface area contributed by atoms with Gasteiger partial charge in [0.05, 0.1) is 21.8 Å². The van der Waals surface area contributed by atoms with E-state index in [2.05, 4.69) is 5.32 Å². The molecule has 7 nitrogen and oxygen atoms in total. The number of rotatable bonds is 1. The lowest BCUT2D eigenvalue weighted by molar-refractivity contribution is 0.0880. The smallest absolute Gasteiger partial charge is 0.262 e. The highest BCUT2D eigenvalue weighted by atomic mass is 35.5. The maximum Gasteiger partial charge on any atom is 0.262 e. The SMILES string of the molecule is Cc1c(Cl)cc(-n2c(N)c3c(cc2=O)C(=O)NC3=O)c(O)c1Cl. The van der Waals surface area contributed by atoms with Gasteiger partial charge in [0.15, 0.2) is 5.75 Å². The van der Waals surface area contributed by atoms with Gasteiger partial charge in [-0.3, -0.25) is 24.3 Å². The fourth-order valence-electron chi connectivity index (χ4n) is 2.39. The molecule has 0 aliphatic carbocycles.